The summed E-state index contributed by atoms with van der Waals surface area (Å²) in [5, 5.41) is 2.84. The summed E-state index contributed by atoms with van der Waals surface area (Å²) in [5.74, 6) is -5.72. The van der Waals surface area contributed by atoms with E-state index in [2.05, 4.69) is 5.32 Å². The van der Waals surface area contributed by atoms with Crippen LogP contribution < -0.4 is 5.32 Å². The predicted octanol–water partition coefficient (Wildman–Crippen LogP) is 3.41. The van der Waals surface area contributed by atoms with Crippen LogP contribution in [0.3, 0.4) is 0 Å². The summed E-state index contributed by atoms with van der Waals surface area (Å²) < 4.78 is 45.8. The first-order chi connectivity index (χ1) is 13.3. The van der Waals surface area contributed by atoms with E-state index in [4.69, 9.17) is 4.74 Å². The van der Waals surface area contributed by atoms with Crippen LogP contribution in [0.4, 0.5) is 13.2 Å². The van der Waals surface area contributed by atoms with Gasteiger partial charge in [0, 0.05) is 26.1 Å². The van der Waals surface area contributed by atoms with Crippen molar-refractivity contribution >= 4 is 11.7 Å². The molecule has 0 aromatic heterocycles. The number of nitrogens with one attached hydrogen (secondary N) is 1. The van der Waals surface area contributed by atoms with Crippen molar-refractivity contribution < 1.29 is 27.5 Å². The van der Waals surface area contributed by atoms with Gasteiger partial charge in [-0.2, -0.15) is 0 Å². The SMILES string of the molecule is Cc1ccc(-c2cc(F)c(F)c(F)c2)cc1C1C(=O)NC2(CCOCC2)C1=O. The number of amides is 1. The Morgan fingerprint density at radius 2 is 1.64 bits per heavy atom. The summed E-state index contributed by atoms with van der Waals surface area (Å²) in [6, 6.07) is 6.65. The van der Waals surface area contributed by atoms with Crippen molar-refractivity contribution in [1.82, 2.24) is 5.32 Å². The third kappa shape index (κ3) is 2.90. The third-order valence-electron chi connectivity index (χ3n) is 5.61. The molecule has 1 spiro atoms. The minimum absolute atomic E-state index is 0.129. The molecule has 7 heteroatoms. The van der Waals surface area contributed by atoms with Gasteiger partial charge in [0.25, 0.3) is 0 Å². The van der Waals surface area contributed by atoms with Gasteiger partial charge in [-0.1, -0.05) is 12.1 Å². The van der Waals surface area contributed by atoms with Crippen LogP contribution in [0.15, 0.2) is 30.3 Å². The van der Waals surface area contributed by atoms with E-state index in [9.17, 15) is 22.8 Å². The van der Waals surface area contributed by atoms with Gasteiger partial charge in [0.1, 0.15) is 11.5 Å². The Labute approximate surface area is 159 Å². The van der Waals surface area contributed by atoms with Crippen LogP contribution in [0.1, 0.15) is 29.9 Å². The zero-order chi connectivity index (χ0) is 20.1. The van der Waals surface area contributed by atoms with Crippen LogP contribution >= 0.6 is 0 Å². The van der Waals surface area contributed by atoms with E-state index in [0.717, 1.165) is 12.1 Å². The third-order valence-corrected chi connectivity index (χ3v) is 5.61. The number of carbonyl (C=O) groups excluding carboxylic acids is 2. The minimum atomic E-state index is -1.54. The van der Waals surface area contributed by atoms with Gasteiger partial charge >= 0.3 is 0 Å². The van der Waals surface area contributed by atoms with Gasteiger partial charge < -0.3 is 10.1 Å². The zero-order valence-electron chi connectivity index (χ0n) is 15.2. The first kappa shape index (κ1) is 18.7. The monoisotopic (exact) mass is 389 g/mol. The Morgan fingerprint density at radius 1 is 1.00 bits per heavy atom. The van der Waals surface area contributed by atoms with Crippen molar-refractivity contribution in [2.45, 2.75) is 31.2 Å². The van der Waals surface area contributed by atoms with E-state index >= 15 is 0 Å². The summed E-state index contributed by atoms with van der Waals surface area (Å²) in [6.07, 6.45) is 0.836. The second kappa shape index (κ2) is 6.74. The molecule has 28 heavy (non-hydrogen) atoms. The van der Waals surface area contributed by atoms with E-state index < -0.39 is 28.9 Å². The minimum Gasteiger partial charge on any atom is -0.381 e. The summed E-state index contributed by atoms with van der Waals surface area (Å²) in [6.45, 7) is 2.55. The number of halogens is 3. The highest BCUT2D eigenvalue weighted by Crippen LogP contribution is 2.38. The molecule has 0 bridgehead atoms. The lowest BCUT2D eigenvalue weighted by Gasteiger charge is -2.31. The first-order valence-corrected chi connectivity index (χ1v) is 9.02. The number of hydrogen-bond donors (Lipinski definition) is 1. The number of aryl methyl sites for hydroxylation is 1. The average molecular weight is 389 g/mol. The molecule has 1 unspecified atom stereocenters. The van der Waals surface area contributed by atoms with Crippen LogP contribution in [0.25, 0.3) is 11.1 Å². The lowest BCUT2D eigenvalue weighted by atomic mass is 9.80. The smallest absolute Gasteiger partial charge is 0.235 e. The average Bonchev–Trinajstić information content (AvgIpc) is 2.90. The Balaban J connectivity index is 1.76. The Morgan fingerprint density at radius 3 is 2.29 bits per heavy atom. The van der Waals surface area contributed by atoms with Gasteiger partial charge in [-0.3, -0.25) is 9.59 Å². The number of benzene rings is 2. The van der Waals surface area contributed by atoms with Crippen LogP contribution in [0.5, 0.6) is 0 Å². The number of ketones is 1. The molecule has 2 heterocycles. The summed E-state index contributed by atoms with van der Waals surface area (Å²) in [5.41, 5.74) is 0.797. The van der Waals surface area contributed by atoms with Gasteiger partial charge in [0.2, 0.25) is 5.91 Å². The molecule has 2 aromatic carbocycles. The number of rotatable bonds is 2. The Kier molecular flexibility index (Phi) is 4.50. The van der Waals surface area contributed by atoms with Gasteiger partial charge in [0.05, 0.1) is 0 Å². The number of Topliss-reactive ketones (excluding diaryl/α,β-unsaturated/α-hetero) is 1. The van der Waals surface area contributed by atoms with Gasteiger partial charge in [-0.25, -0.2) is 13.2 Å². The molecule has 2 fully saturated rings. The van der Waals surface area contributed by atoms with Gasteiger partial charge in [-0.05, 0) is 47.4 Å². The van der Waals surface area contributed by atoms with E-state index in [1.54, 1.807) is 25.1 Å². The van der Waals surface area contributed by atoms with Crippen molar-refractivity contribution in [2.24, 2.45) is 0 Å². The molecule has 1 amide bonds. The Hall–Kier alpha value is -2.67. The summed E-state index contributed by atoms with van der Waals surface area (Å²) >= 11 is 0. The number of hydrogen-bond acceptors (Lipinski definition) is 3. The second-order valence-corrected chi connectivity index (χ2v) is 7.31. The zero-order valence-corrected chi connectivity index (χ0v) is 15.2. The van der Waals surface area contributed by atoms with Crippen molar-refractivity contribution in [1.29, 1.82) is 0 Å². The van der Waals surface area contributed by atoms with E-state index in [1.807, 2.05) is 0 Å². The van der Waals surface area contributed by atoms with E-state index in [0.29, 0.717) is 42.7 Å². The maximum absolute atomic E-state index is 13.6. The van der Waals surface area contributed by atoms with Crippen LogP contribution in [0, 0.1) is 24.4 Å². The molecule has 0 radical (unpaired) electrons. The molecule has 2 aromatic rings. The summed E-state index contributed by atoms with van der Waals surface area (Å²) in [4.78, 5) is 25.8. The molecule has 2 saturated heterocycles. The molecule has 0 saturated carbocycles. The highest BCUT2D eigenvalue weighted by molar-refractivity contribution is 6.17. The quantitative estimate of drug-likeness (QED) is 0.633. The van der Waals surface area contributed by atoms with E-state index in [1.165, 1.54) is 0 Å². The predicted molar refractivity (Wildman–Crippen MR) is 95.2 cm³/mol. The normalized spacial score (nSPS) is 21.2. The van der Waals surface area contributed by atoms with Crippen molar-refractivity contribution in [3.8, 4) is 11.1 Å². The molecular formula is C21H18F3NO3. The fourth-order valence-corrected chi connectivity index (χ4v) is 3.99. The molecule has 4 nitrogen and oxygen atoms in total. The lowest BCUT2D eigenvalue weighted by molar-refractivity contribution is -0.127. The Bertz CT molecular complexity index is 960. The molecule has 4 rings (SSSR count). The highest BCUT2D eigenvalue weighted by atomic mass is 19.2. The van der Waals surface area contributed by atoms with Gasteiger partial charge in [-0.15, -0.1) is 0 Å². The molecule has 2 aliphatic heterocycles. The second-order valence-electron chi connectivity index (χ2n) is 7.31. The van der Waals surface area contributed by atoms with Crippen molar-refractivity contribution in [2.75, 3.05) is 13.2 Å². The molecule has 146 valence electrons. The lowest BCUT2D eigenvalue weighted by Crippen LogP contribution is -2.50. The van der Waals surface area contributed by atoms with Crippen LogP contribution in [-0.2, 0) is 14.3 Å². The highest BCUT2D eigenvalue weighted by Gasteiger charge is 2.53. The first-order valence-electron chi connectivity index (χ1n) is 9.02. The van der Waals surface area contributed by atoms with Gasteiger partial charge in [0.15, 0.2) is 23.2 Å². The van der Waals surface area contributed by atoms with Crippen LogP contribution in [0.2, 0.25) is 0 Å². The largest absolute Gasteiger partial charge is 0.381 e. The fourth-order valence-electron chi connectivity index (χ4n) is 3.99. The fraction of sp³-hybridized carbons (Fsp3) is 0.333. The molecule has 2 aliphatic rings. The standard InChI is InChI=1S/C21H18F3NO3/c1-11-2-3-12(13-9-15(22)18(24)16(23)10-13)8-14(11)17-19(26)21(25-20(17)27)4-6-28-7-5-21/h2-3,8-10,17H,4-7H2,1H3,(H,25,27). The van der Waals surface area contributed by atoms with Crippen LogP contribution in [-0.4, -0.2) is 30.4 Å². The van der Waals surface area contributed by atoms with Crippen molar-refractivity contribution in [3.63, 3.8) is 0 Å². The maximum Gasteiger partial charge on any atom is 0.235 e. The molecule has 1 N–H and O–H groups in total. The summed E-state index contributed by atoms with van der Waals surface area (Å²) in [7, 11) is 0. The number of carbonyl (C=O) groups is 2. The topological polar surface area (TPSA) is 55.4 Å². The van der Waals surface area contributed by atoms with Crippen molar-refractivity contribution in [3.05, 3.63) is 58.9 Å². The molecular weight excluding hydrogens is 371 g/mol. The maximum atomic E-state index is 13.6. The molecule has 1 atom stereocenters. The molecule has 0 aliphatic carbocycles. The number of ether oxygens (including phenoxy) is 1. The van der Waals surface area contributed by atoms with E-state index in [-0.39, 0.29) is 17.3 Å².